The minimum Gasteiger partial charge on any atom is -0.491 e. The van der Waals surface area contributed by atoms with Crippen LogP contribution in [0.5, 0.6) is 11.5 Å². The summed E-state index contributed by atoms with van der Waals surface area (Å²) in [5.74, 6) is 1.39. The number of allylic oxidation sites excluding steroid dienone is 1. The van der Waals surface area contributed by atoms with Crippen LogP contribution in [0.25, 0.3) is 0 Å². The van der Waals surface area contributed by atoms with E-state index in [2.05, 4.69) is 0 Å². The Morgan fingerprint density at radius 3 is 1.89 bits per heavy atom. The van der Waals surface area contributed by atoms with E-state index in [9.17, 15) is 13.2 Å². The first-order valence-corrected chi connectivity index (χ1v) is 13.7. The van der Waals surface area contributed by atoms with Gasteiger partial charge in [-0.15, -0.1) is 0 Å². The molecular weight excluding hydrogens is 453 g/mol. The molecule has 0 radical (unpaired) electrons. The summed E-state index contributed by atoms with van der Waals surface area (Å²) in [5, 5.41) is 0. The van der Waals surface area contributed by atoms with E-state index in [0.717, 1.165) is 43.6 Å². The lowest BCUT2D eigenvalue weighted by Crippen LogP contribution is -2.33. The average Bonchev–Trinajstić information content (AvgIpc) is 2.90. The molecule has 1 aromatic carbocycles. The van der Waals surface area contributed by atoms with Crippen LogP contribution in [0, 0.1) is 41.2 Å². The van der Waals surface area contributed by atoms with E-state index in [0.29, 0.717) is 18.4 Å². The third kappa shape index (κ3) is 6.96. The van der Waals surface area contributed by atoms with E-state index >= 15 is 0 Å². The third-order valence-electron chi connectivity index (χ3n) is 8.61. The Bertz CT molecular complexity index is 806. The van der Waals surface area contributed by atoms with Gasteiger partial charge in [0.2, 0.25) is 11.6 Å². The van der Waals surface area contributed by atoms with Crippen LogP contribution in [0.1, 0.15) is 71.1 Å². The summed E-state index contributed by atoms with van der Waals surface area (Å²) in [6.45, 7) is 2.87. The van der Waals surface area contributed by atoms with Crippen molar-refractivity contribution >= 4 is 0 Å². The molecule has 2 atom stereocenters. The fourth-order valence-corrected chi connectivity index (χ4v) is 6.53. The van der Waals surface area contributed by atoms with E-state index < -0.39 is 18.3 Å². The maximum absolute atomic E-state index is 14.3. The lowest BCUT2D eigenvalue weighted by molar-refractivity contribution is -0.0195. The van der Waals surface area contributed by atoms with Crippen LogP contribution in [0.2, 0.25) is 0 Å². The number of halogens is 3. The fraction of sp³-hybridized carbons (Fsp3) is 0.724. The maximum atomic E-state index is 14.3. The second-order valence-electron chi connectivity index (χ2n) is 10.7. The second kappa shape index (κ2) is 13.0. The molecule has 1 heterocycles. The number of benzene rings is 1. The van der Waals surface area contributed by atoms with Crippen molar-refractivity contribution in [2.24, 2.45) is 29.6 Å². The van der Waals surface area contributed by atoms with Crippen molar-refractivity contribution in [1.29, 1.82) is 0 Å². The lowest BCUT2D eigenvalue weighted by Gasteiger charge is -2.41. The van der Waals surface area contributed by atoms with E-state index in [1.54, 1.807) is 13.0 Å². The van der Waals surface area contributed by atoms with Crippen molar-refractivity contribution in [1.82, 2.24) is 0 Å². The smallest absolute Gasteiger partial charge is 0.204 e. The van der Waals surface area contributed by atoms with Gasteiger partial charge < -0.3 is 14.2 Å². The van der Waals surface area contributed by atoms with Crippen LogP contribution in [-0.4, -0.2) is 32.6 Å². The minimum atomic E-state index is -0.975. The molecule has 35 heavy (non-hydrogen) atoms. The number of ether oxygens (including phenoxy) is 3. The van der Waals surface area contributed by atoms with Crippen LogP contribution in [0.3, 0.4) is 0 Å². The quantitative estimate of drug-likeness (QED) is 0.330. The van der Waals surface area contributed by atoms with Crippen molar-refractivity contribution in [3.05, 3.63) is 35.9 Å². The first kappa shape index (κ1) is 26.4. The van der Waals surface area contributed by atoms with Crippen molar-refractivity contribution in [2.75, 3.05) is 26.5 Å². The summed E-state index contributed by atoms with van der Waals surface area (Å²) in [5.41, 5.74) is 0. The summed E-state index contributed by atoms with van der Waals surface area (Å²) in [4.78, 5) is 0. The van der Waals surface area contributed by atoms with Crippen LogP contribution in [-0.2, 0) is 4.74 Å². The van der Waals surface area contributed by atoms with Crippen molar-refractivity contribution < 1.29 is 27.4 Å². The van der Waals surface area contributed by atoms with Gasteiger partial charge in [0.05, 0.1) is 25.9 Å². The second-order valence-corrected chi connectivity index (χ2v) is 10.7. The van der Waals surface area contributed by atoms with Crippen LogP contribution >= 0.6 is 0 Å². The molecule has 6 heteroatoms. The van der Waals surface area contributed by atoms with E-state index in [1.807, 2.05) is 6.08 Å². The van der Waals surface area contributed by atoms with Crippen molar-refractivity contribution in [3.8, 4) is 11.5 Å². The summed E-state index contributed by atoms with van der Waals surface area (Å²) < 4.78 is 57.4. The third-order valence-corrected chi connectivity index (χ3v) is 8.61. The Morgan fingerprint density at radius 1 is 0.800 bits per heavy atom. The van der Waals surface area contributed by atoms with Gasteiger partial charge in [0.25, 0.3) is 0 Å². The molecule has 0 amide bonds. The lowest BCUT2D eigenvalue weighted by atomic mass is 9.67. The summed E-state index contributed by atoms with van der Waals surface area (Å²) >= 11 is 0. The Hall–Kier alpha value is -1.69. The molecule has 196 valence electrons. The van der Waals surface area contributed by atoms with E-state index in [-0.39, 0.29) is 24.2 Å². The van der Waals surface area contributed by atoms with Gasteiger partial charge in [0.1, 0.15) is 6.67 Å². The predicted octanol–water partition coefficient (Wildman–Crippen LogP) is 7.68. The summed E-state index contributed by atoms with van der Waals surface area (Å²) in [6, 6.07) is 2.90. The molecule has 0 aromatic heterocycles. The monoisotopic (exact) mass is 494 g/mol. The van der Waals surface area contributed by atoms with Crippen LogP contribution in [0.4, 0.5) is 13.2 Å². The highest BCUT2D eigenvalue weighted by Gasteiger charge is 2.35. The number of alkyl halides is 1. The van der Waals surface area contributed by atoms with Crippen molar-refractivity contribution in [2.45, 2.75) is 77.2 Å². The molecule has 2 aliphatic carbocycles. The molecule has 3 aliphatic rings. The Morgan fingerprint density at radius 2 is 1.34 bits per heavy atom. The zero-order valence-electron chi connectivity index (χ0n) is 21.0. The van der Waals surface area contributed by atoms with Gasteiger partial charge in [-0.1, -0.05) is 12.2 Å². The Kier molecular flexibility index (Phi) is 9.82. The average molecular weight is 495 g/mol. The summed E-state index contributed by atoms with van der Waals surface area (Å²) in [7, 11) is 0. The molecule has 2 saturated carbocycles. The molecule has 2 unspecified atom stereocenters. The highest BCUT2D eigenvalue weighted by molar-refractivity contribution is 5.35. The van der Waals surface area contributed by atoms with Gasteiger partial charge in [0, 0.05) is 0 Å². The first-order valence-electron chi connectivity index (χ1n) is 13.7. The number of hydrogen-bond acceptors (Lipinski definition) is 3. The Labute approximate surface area is 208 Å². The minimum absolute atomic E-state index is 0.0251. The molecule has 4 rings (SSSR count). The first-order chi connectivity index (χ1) is 17.1. The van der Waals surface area contributed by atoms with Crippen LogP contribution in [0.15, 0.2) is 24.3 Å². The van der Waals surface area contributed by atoms with Gasteiger partial charge in [-0.25, -0.2) is 4.39 Å². The number of rotatable bonds is 9. The molecule has 1 aliphatic heterocycles. The van der Waals surface area contributed by atoms with Gasteiger partial charge >= 0.3 is 0 Å². The molecular formula is C29H41F3O3. The maximum Gasteiger partial charge on any atom is 0.204 e. The summed E-state index contributed by atoms with van der Waals surface area (Å²) in [6.07, 6.45) is 15.6. The molecule has 3 fully saturated rings. The normalized spacial score (nSPS) is 32.0. The largest absolute Gasteiger partial charge is 0.491 e. The molecule has 1 saturated heterocycles. The predicted molar refractivity (Wildman–Crippen MR) is 131 cm³/mol. The van der Waals surface area contributed by atoms with Crippen molar-refractivity contribution in [3.63, 3.8) is 0 Å². The number of hydrogen-bond donors (Lipinski definition) is 0. The topological polar surface area (TPSA) is 27.7 Å². The van der Waals surface area contributed by atoms with Gasteiger partial charge in [-0.05, 0) is 113 Å². The van der Waals surface area contributed by atoms with Gasteiger partial charge in [0.15, 0.2) is 11.5 Å². The molecule has 1 aromatic rings. The van der Waals surface area contributed by atoms with Gasteiger partial charge in [-0.2, -0.15) is 8.78 Å². The molecule has 3 nitrogen and oxygen atoms in total. The fourth-order valence-electron chi connectivity index (χ4n) is 6.53. The highest BCUT2D eigenvalue weighted by Crippen LogP contribution is 2.44. The zero-order chi connectivity index (χ0) is 24.6. The highest BCUT2D eigenvalue weighted by atomic mass is 19.2. The van der Waals surface area contributed by atoms with Crippen LogP contribution < -0.4 is 9.47 Å². The van der Waals surface area contributed by atoms with E-state index in [4.69, 9.17) is 14.2 Å². The van der Waals surface area contributed by atoms with E-state index in [1.165, 1.54) is 57.1 Å². The Balaban J connectivity index is 1.15. The SMILES string of the molecule is CCOc1ccc(OCC2CCC(C3CCC(C4CCC(/C=C/CF)OC4)CC3)CC2)c(F)c1F. The zero-order valence-corrected chi connectivity index (χ0v) is 21.0. The standard InChI is InChI=1S/C29H41F3O3/c1-2-33-26-15-16-27(29(32)28(26)31)35-18-20-5-7-21(8-6-20)22-9-11-23(12-10-22)24-13-14-25(34-19-24)4-3-17-30/h3-4,15-16,20-25H,2,5-14,17-19H2,1H3/b4-3+. The molecule has 0 N–H and O–H groups in total. The van der Waals surface area contributed by atoms with Gasteiger partial charge in [-0.3, -0.25) is 0 Å². The molecule has 0 spiro atoms. The molecule has 0 bridgehead atoms.